The Morgan fingerprint density at radius 1 is 1.21 bits per heavy atom. The quantitative estimate of drug-likeness (QED) is 0.907. The molecule has 0 aliphatic heterocycles. The zero-order chi connectivity index (χ0) is 14.0. The average molecular weight is 263 g/mol. The van der Waals surface area contributed by atoms with Crippen molar-refractivity contribution in [3.63, 3.8) is 0 Å². The van der Waals surface area contributed by atoms with Crippen molar-refractivity contribution in [2.45, 2.75) is 19.4 Å². The minimum absolute atomic E-state index is 0.351. The number of aromatic nitrogens is 2. The summed E-state index contributed by atoms with van der Waals surface area (Å²) in [6.45, 7) is 3.62. The maximum Gasteiger partial charge on any atom is 0.261 e. The molecule has 6 heteroatoms. The number of para-hydroxylation sites is 1. The third-order valence-electron chi connectivity index (χ3n) is 2.64. The molecule has 2 aromatic rings. The zero-order valence-electron chi connectivity index (χ0n) is 11.4. The van der Waals surface area contributed by atoms with Crippen molar-refractivity contribution in [1.29, 1.82) is 0 Å². The van der Waals surface area contributed by atoms with Crippen LogP contribution in [0.2, 0.25) is 0 Å². The molecule has 0 radical (unpaired) electrons. The van der Waals surface area contributed by atoms with Crippen LogP contribution in [0.15, 0.2) is 22.7 Å². The fourth-order valence-electron chi connectivity index (χ4n) is 1.65. The van der Waals surface area contributed by atoms with Crippen LogP contribution in [-0.2, 0) is 5.54 Å². The first-order valence-electron chi connectivity index (χ1n) is 5.81. The minimum atomic E-state index is -0.659. The molecule has 1 heterocycles. The first-order valence-corrected chi connectivity index (χ1v) is 5.81. The van der Waals surface area contributed by atoms with Gasteiger partial charge >= 0.3 is 0 Å². The first-order chi connectivity index (χ1) is 8.97. The van der Waals surface area contributed by atoms with Crippen LogP contribution in [-0.4, -0.2) is 24.4 Å². The van der Waals surface area contributed by atoms with Crippen LogP contribution in [0, 0.1) is 0 Å². The lowest BCUT2D eigenvalue weighted by molar-refractivity contribution is 0.353. The highest BCUT2D eigenvalue weighted by Gasteiger charge is 2.24. The molecule has 0 atom stereocenters. The van der Waals surface area contributed by atoms with E-state index in [0.717, 1.165) is 0 Å². The van der Waals surface area contributed by atoms with Crippen molar-refractivity contribution in [3.05, 3.63) is 24.0 Å². The Morgan fingerprint density at radius 2 is 1.95 bits per heavy atom. The SMILES string of the molecule is COc1cccc(-c2nc(C(C)(C)N)no2)c1OC. The molecule has 0 saturated heterocycles. The molecule has 0 spiro atoms. The molecule has 1 aromatic heterocycles. The number of ether oxygens (including phenoxy) is 2. The Morgan fingerprint density at radius 3 is 2.47 bits per heavy atom. The molecule has 0 fully saturated rings. The third-order valence-corrected chi connectivity index (χ3v) is 2.64. The molecular formula is C13H17N3O3. The van der Waals surface area contributed by atoms with Crippen molar-refractivity contribution >= 4 is 0 Å². The first kappa shape index (κ1) is 13.4. The summed E-state index contributed by atoms with van der Waals surface area (Å²) in [5.74, 6) is 1.94. The van der Waals surface area contributed by atoms with Gasteiger partial charge in [0.05, 0.1) is 25.3 Å². The second-order valence-electron chi connectivity index (χ2n) is 4.69. The molecule has 2 rings (SSSR count). The molecule has 6 nitrogen and oxygen atoms in total. The Balaban J connectivity index is 2.50. The molecule has 0 unspecified atom stereocenters. The number of rotatable bonds is 4. The van der Waals surface area contributed by atoms with E-state index in [1.165, 1.54) is 0 Å². The second-order valence-corrected chi connectivity index (χ2v) is 4.69. The number of hydrogen-bond acceptors (Lipinski definition) is 6. The average Bonchev–Trinajstić information content (AvgIpc) is 2.86. The van der Waals surface area contributed by atoms with E-state index in [1.54, 1.807) is 20.3 Å². The lowest BCUT2D eigenvalue weighted by Crippen LogP contribution is -2.30. The summed E-state index contributed by atoms with van der Waals surface area (Å²) in [6, 6.07) is 5.45. The Bertz CT molecular complexity index is 573. The Kier molecular flexibility index (Phi) is 3.44. The zero-order valence-corrected chi connectivity index (χ0v) is 11.4. The maximum atomic E-state index is 5.93. The van der Waals surface area contributed by atoms with Crippen LogP contribution in [0.1, 0.15) is 19.7 Å². The molecule has 0 bridgehead atoms. The number of nitrogens with zero attached hydrogens (tertiary/aromatic N) is 2. The summed E-state index contributed by atoms with van der Waals surface area (Å²) >= 11 is 0. The van der Waals surface area contributed by atoms with Crippen LogP contribution < -0.4 is 15.2 Å². The van der Waals surface area contributed by atoms with Gasteiger partial charge in [0.25, 0.3) is 5.89 Å². The fourth-order valence-corrected chi connectivity index (χ4v) is 1.65. The van der Waals surface area contributed by atoms with Gasteiger partial charge in [0, 0.05) is 0 Å². The van der Waals surface area contributed by atoms with Crippen LogP contribution in [0.25, 0.3) is 11.5 Å². The van der Waals surface area contributed by atoms with Gasteiger partial charge in [-0.3, -0.25) is 0 Å². The smallest absolute Gasteiger partial charge is 0.261 e. The summed E-state index contributed by atoms with van der Waals surface area (Å²) < 4.78 is 15.8. The largest absolute Gasteiger partial charge is 0.493 e. The van der Waals surface area contributed by atoms with E-state index < -0.39 is 5.54 Å². The molecule has 19 heavy (non-hydrogen) atoms. The monoisotopic (exact) mass is 263 g/mol. The molecule has 0 aliphatic carbocycles. The molecule has 0 amide bonds. The van der Waals surface area contributed by atoms with Crippen molar-refractivity contribution < 1.29 is 14.0 Å². The van der Waals surface area contributed by atoms with Crippen LogP contribution in [0.3, 0.4) is 0 Å². The predicted molar refractivity (Wildman–Crippen MR) is 70.1 cm³/mol. The molecule has 1 aromatic carbocycles. The standard InChI is InChI=1S/C13H17N3O3/c1-13(2,14)12-15-11(19-16-12)8-6-5-7-9(17-3)10(8)18-4/h5-7H,14H2,1-4H3. The van der Waals surface area contributed by atoms with Gasteiger partial charge in [-0.2, -0.15) is 4.98 Å². The summed E-state index contributed by atoms with van der Waals surface area (Å²) in [5, 5.41) is 3.89. The number of methoxy groups -OCH3 is 2. The van der Waals surface area contributed by atoms with Crippen molar-refractivity contribution in [2.24, 2.45) is 5.73 Å². The van der Waals surface area contributed by atoms with Gasteiger partial charge in [-0.1, -0.05) is 11.2 Å². The second kappa shape index (κ2) is 4.89. The highest BCUT2D eigenvalue weighted by molar-refractivity contribution is 5.67. The maximum absolute atomic E-state index is 5.93. The summed E-state index contributed by atoms with van der Waals surface area (Å²) in [5.41, 5.74) is 5.95. The number of hydrogen-bond donors (Lipinski definition) is 1. The van der Waals surface area contributed by atoms with E-state index in [0.29, 0.717) is 28.8 Å². The highest BCUT2D eigenvalue weighted by Crippen LogP contribution is 2.37. The fraction of sp³-hybridized carbons (Fsp3) is 0.385. The van der Waals surface area contributed by atoms with E-state index >= 15 is 0 Å². The Labute approximate surface area is 111 Å². The van der Waals surface area contributed by atoms with Gasteiger partial charge < -0.3 is 19.7 Å². The lowest BCUT2D eigenvalue weighted by atomic mass is 10.1. The number of nitrogens with two attached hydrogens (primary N) is 1. The van der Waals surface area contributed by atoms with Gasteiger partial charge in [-0.25, -0.2) is 0 Å². The van der Waals surface area contributed by atoms with Gasteiger partial charge in [0.1, 0.15) is 0 Å². The highest BCUT2D eigenvalue weighted by atomic mass is 16.5. The van der Waals surface area contributed by atoms with Gasteiger partial charge in [0.15, 0.2) is 17.3 Å². The third kappa shape index (κ3) is 2.53. The normalized spacial score (nSPS) is 11.4. The Hall–Kier alpha value is -2.08. The van der Waals surface area contributed by atoms with Crippen molar-refractivity contribution in [3.8, 4) is 23.0 Å². The van der Waals surface area contributed by atoms with Crippen LogP contribution in [0.5, 0.6) is 11.5 Å². The molecular weight excluding hydrogens is 246 g/mol. The van der Waals surface area contributed by atoms with E-state index in [9.17, 15) is 0 Å². The van der Waals surface area contributed by atoms with E-state index in [4.69, 9.17) is 19.7 Å². The molecule has 2 N–H and O–H groups in total. The van der Waals surface area contributed by atoms with Gasteiger partial charge in [-0.15, -0.1) is 0 Å². The summed E-state index contributed by atoms with van der Waals surface area (Å²) in [6.07, 6.45) is 0. The summed E-state index contributed by atoms with van der Waals surface area (Å²) in [4.78, 5) is 4.30. The minimum Gasteiger partial charge on any atom is -0.493 e. The molecule has 0 saturated carbocycles. The molecule has 102 valence electrons. The van der Waals surface area contributed by atoms with E-state index in [2.05, 4.69) is 10.1 Å². The predicted octanol–water partition coefficient (Wildman–Crippen LogP) is 1.95. The topological polar surface area (TPSA) is 83.4 Å². The molecule has 0 aliphatic rings. The van der Waals surface area contributed by atoms with Gasteiger partial charge in [-0.05, 0) is 26.0 Å². The van der Waals surface area contributed by atoms with E-state index in [-0.39, 0.29) is 0 Å². The van der Waals surface area contributed by atoms with Crippen LogP contribution >= 0.6 is 0 Å². The summed E-state index contributed by atoms with van der Waals surface area (Å²) in [7, 11) is 3.13. The van der Waals surface area contributed by atoms with E-state index in [1.807, 2.05) is 26.0 Å². The lowest BCUT2D eigenvalue weighted by Gasteiger charge is -2.11. The van der Waals surface area contributed by atoms with Crippen LogP contribution in [0.4, 0.5) is 0 Å². The van der Waals surface area contributed by atoms with Crippen molar-refractivity contribution in [2.75, 3.05) is 14.2 Å². The van der Waals surface area contributed by atoms with Gasteiger partial charge in [0.2, 0.25) is 0 Å². The van der Waals surface area contributed by atoms with Crippen molar-refractivity contribution in [1.82, 2.24) is 10.1 Å². The number of benzene rings is 1.